The number of thiazole rings is 1. The minimum Gasteiger partial charge on any atom is -0.476 e. The fraction of sp³-hybridized carbons (Fsp3) is 0.688. The van der Waals surface area contributed by atoms with Gasteiger partial charge >= 0.3 is 5.97 Å². The van der Waals surface area contributed by atoms with Crippen LogP contribution < -0.4 is 5.73 Å². The molecule has 1 fully saturated rings. The highest BCUT2D eigenvalue weighted by atomic mass is 32.2. The van der Waals surface area contributed by atoms with Crippen LogP contribution in [0.25, 0.3) is 0 Å². The molecular formula is C16H25N3O3S2. The predicted octanol–water partition coefficient (Wildman–Crippen LogP) is 2.69. The van der Waals surface area contributed by atoms with Crippen molar-refractivity contribution >= 4 is 35.0 Å². The number of amides is 1. The first kappa shape index (κ1) is 19.2. The van der Waals surface area contributed by atoms with E-state index in [1.54, 1.807) is 0 Å². The summed E-state index contributed by atoms with van der Waals surface area (Å²) in [6.45, 7) is 4.92. The molecule has 0 bridgehead atoms. The number of hydrogen-bond acceptors (Lipinski definition) is 6. The summed E-state index contributed by atoms with van der Waals surface area (Å²) in [5, 5.41) is 10.4. The molecule has 2 atom stereocenters. The molecule has 1 aromatic rings. The second kappa shape index (κ2) is 8.82. The smallest absolute Gasteiger partial charge is 0.355 e. The van der Waals surface area contributed by atoms with Crippen molar-refractivity contribution in [2.45, 2.75) is 56.0 Å². The first-order valence-corrected chi connectivity index (χ1v) is 10.2. The van der Waals surface area contributed by atoms with Crippen LogP contribution in [0.15, 0.2) is 9.72 Å². The average molecular weight is 372 g/mol. The molecule has 2 rings (SSSR count). The van der Waals surface area contributed by atoms with Crippen LogP contribution >= 0.6 is 23.1 Å². The molecule has 6 nitrogen and oxygen atoms in total. The van der Waals surface area contributed by atoms with Crippen molar-refractivity contribution < 1.29 is 14.7 Å². The van der Waals surface area contributed by atoms with Crippen LogP contribution in [0.5, 0.6) is 0 Å². The summed E-state index contributed by atoms with van der Waals surface area (Å²) < 4.78 is 0.722. The zero-order valence-electron chi connectivity index (χ0n) is 14.1. The molecule has 1 aliphatic heterocycles. The molecule has 2 heterocycles. The average Bonchev–Trinajstić information content (AvgIpc) is 3.16. The Morgan fingerprint density at radius 2 is 2.25 bits per heavy atom. The Labute approximate surface area is 150 Å². The van der Waals surface area contributed by atoms with Crippen LogP contribution in [0.3, 0.4) is 0 Å². The van der Waals surface area contributed by atoms with Gasteiger partial charge in [0.25, 0.3) is 0 Å². The van der Waals surface area contributed by atoms with Gasteiger partial charge in [0.15, 0.2) is 10.0 Å². The zero-order chi connectivity index (χ0) is 17.7. The quantitative estimate of drug-likeness (QED) is 0.648. The van der Waals surface area contributed by atoms with Gasteiger partial charge in [-0.05, 0) is 12.3 Å². The van der Waals surface area contributed by atoms with E-state index in [9.17, 15) is 9.59 Å². The Hall–Kier alpha value is -1.12. The molecule has 134 valence electrons. The Kier molecular flexibility index (Phi) is 7.06. The van der Waals surface area contributed by atoms with E-state index in [1.807, 2.05) is 4.90 Å². The van der Waals surface area contributed by atoms with Gasteiger partial charge in [-0.2, -0.15) is 0 Å². The lowest BCUT2D eigenvalue weighted by atomic mass is 9.88. The molecule has 1 amide bonds. The molecular weight excluding hydrogens is 346 g/mol. The van der Waals surface area contributed by atoms with Gasteiger partial charge < -0.3 is 15.7 Å². The molecule has 1 aromatic heterocycles. The number of aromatic carboxylic acids is 1. The van der Waals surface area contributed by atoms with Crippen LogP contribution in [0.4, 0.5) is 0 Å². The number of thioether (sulfide) groups is 1. The number of likely N-dealkylation sites (tertiary alicyclic amines) is 1. The van der Waals surface area contributed by atoms with Crippen molar-refractivity contribution in [1.29, 1.82) is 0 Å². The molecule has 24 heavy (non-hydrogen) atoms. The second-order valence-corrected chi connectivity index (χ2v) is 8.20. The molecule has 1 aliphatic rings. The zero-order valence-corrected chi connectivity index (χ0v) is 15.7. The number of aromatic nitrogens is 1. The van der Waals surface area contributed by atoms with E-state index < -0.39 is 5.97 Å². The normalized spacial score (nSPS) is 19.2. The molecule has 0 aromatic carbocycles. The molecule has 3 N–H and O–H groups in total. The van der Waals surface area contributed by atoms with Gasteiger partial charge in [-0.15, -0.1) is 11.3 Å². The van der Waals surface area contributed by atoms with Crippen LogP contribution in [-0.4, -0.2) is 51.2 Å². The van der Waals surface area contributed by atoms with E-state index in [0.717, 1.165) is 23.6 Å². The van der Waals surface area contributed by atoms with Gasteiger partial charge in [-0.1, -0.05) is 38.5 Å². The largest absolute Gasteiger partial charge is 0.476 e. The van der Waals surface area contributed by atoms with Crippen molar-refractivity contribution in [3.63, 3.8) is 0 Å². The highest BCUT2D eigenvalue weighted by Crippen LogP contribution is 2.28. The van der Waals surface area contributed by atoms with E-state index in [4.69, 9.17) is 10.8 Å². The summed E-state index contributed by atoms with van der Waals surface area (Å²) in [6.07, 6.45) is 3.47. The van der Waals surface area contributed by atoms with Crippen LogP contribution in [-0.2, 0) is 4.79 Å². The second-order valence-electron chi connectivity index (χ2n) is 6.00. The summed E-state index contributed by atoms with van der Waals surface area (Å²) in [7, 11) is 0. The lowest BCUT2D eigenvalue weighted by Gasteiger charge is -2.33. The number of carboxylic acid groups (broad SMARTS) is 1. The molecule has 8 heteroatoms. The Morgan fingerprint density at radius 1 is 1.54 bits per heavy atom. The molecule has 0 spiro atoms. The number of nitrogens with two attached hydrogens (primary N) is 1. The molecule has 1 saturated heterocycles. The third-order valence-electron chi connectivity index (χ3n) is 4.67. The molecule has 1 unspecified atom stereocenters. The third-order valence-corrected chi connectivity index (χ3v) is 6.67. The summed E-state index contributed by atoms with van der Waals surface area (Å²) >= 11 is 2.81. The predicted molar refractivity (Wildman–Crippen MR) is 96.6 cm³/mol. The van der Waals surface area contributed by atoms with Gasteiger partial charge in [0.2, 0.25) is 5.91 Å². The summed E-state index contributed by atoms with van der Waals surface area (Å²) in [5.74, 6) is 0.300. The summed E-state index contributed by atoms with van der Waals surface area (Å²) in [5.41, 5.74) is 6.52. The fourth-order valence-corrected chi connectivity index (χ4v) is 5.06. The number of rotatable bonds is 9. The third kappa shape index (κ3) is 4.49. The maximum absolute atomic E-state index is 12.2. The highest BCUT2D eigenvalue weighted by molar-refractivity contribution is 8.01. The SMILES string of the molecule is CCC(CC)C(N)[C@H]1CCC(=O)N1CCSc1nc(C(=O)O)cs1. The topological polar surface area (TPSA) is 96.5 Å². The van der Waals surface area contributed by atoms with Crippen molar-refractivity contribution in [3.05, 3.63) is 11.1 Å². The van der Waals surface area contributed by atoms with Crippen molar-refractivity contribution in [3.8, 4) is 0 Å². The first-order valence-electron chi connectivity index (χ1n) is 8.34. The lowest BCUT2D eigenvalue weighted by Crippen LogP contribution is -2.49. The van der Waals surface area contributed by atoms with Crippen LogP contribution in [0, 0.1) is 5.92 Å². The molecule has 0 saturated carbocycles. The van der Waals surface area contributed by atoms with Gasteiger partial charge in [0.1, 0.15) is 0 Å². The number of nitrogens with zero attached hydrogens (tertiary/aromatic N) is 2. The van der Waals surface area contributed by atoms with Crippen molar-refractivity contribution in [2.75, 3.05) is 12.3 Å². The van der Waals surface area contributed by atoms with Crippen LogP contribution in [0.2, 0.25) is 0 Å². The van der Waals surface area contributed by atoms with Gasteiger partial charge in [0, 0.05) is 36.2 Å². The molecule has 0 aliphatic carbocycles. The van der Waals surface area contributed by atoms with Gasteiger partial charge in [0.05, 0.1) is 0 Å². The van der Waals surface area contributed by atoms with E-state index in [-0.39, 0.29) is 23.7 Å². The lowest BCUT2D eigenvalue weighted by molar-refractivity contribution is -0.129. The van der Waals surface area contributed by atoms with E-state index in [2.05, 4.69) is 18.8 Å². The number of carbonyl (C=O) groups is 2. The van der Waals surface area contributed by atoms with Crippen molar-refractivity contribution in [2.24, 2.45) is 11.7 Å². The van der Waals surface area contributed by atoms with Crippen molar-refractivity contribution in [1.82, 2.24) is 9.88 Å². The van der Waals surface area contributed by atoms with E-state index in [0.29, 0.717) is 24.6 Å². The van der Waals surface area contributed by atoms with E-state index >= 15 is 0 Å². The minimum absolute atomic E-state index is 0.0231. The first-order chi connectivity index (χ1) is 11.5. The Bertz CT molecular complexity index is 575. The van der Waals surface area contributed by atoms with Gasteiger partial charge in [-0.25, -0.2) is 9.78 Å². The van der Waals surface area contributed by atoms with Gasteiger partial charge in [-0.3, -0.25) is 4.79 Å². The Morgan fingerprint density at radius 3 is 2.83 bits per heavy atom. The molecule has 0 radical (unpaired) electrons. The number of hydrogen-bond donors (Lipinski definition) is 2. The fourth-order valence-electron chi connectivity index (χ4n) is 3.25. The summed E-state index contributed by atoms with van der Waals surface area (Å²) in [4.78, 5) is 29.0. The maximum atomic E-state index is 12.2. The van der Waals surface area contributed by atoms with Crippen LogP contribution in [0.1, 0.15) is 50.0 Å². The highest BCUT2D eigenvalue weighted by Gasteiger charge is 2.36. The standard InChI is InChI=1S/C16H25N3O3S2/c1-3-10(4-2)14(17)12-5-6-13(20)19(12)7-8-23-16-18-11(9-24-16)15(21)22/h9-10,12,14H,3-8,17H2,1-2H3,(H,21,22)/t12-,14?/m1/s1. The maximum Gasteiger partial charge on any atom is 0.355 e. The number of carboxylic acids is 1. The number of carbonyl (C=O) groups excluding carboxylic acids is 1. The monoisotopic (exact) mass is 371 g/mol. The Balaban J connectivity index is 1.91. The summed E-state index contributed by atoms with van der Waals surface area (Å²) in [6, 6.07) is 0.142. The van der Waals surface area contributed by atoms with E-state index in [1.165, 1.54) is 28.5 Å². The minimum atomic E-state index is -1.01.